The first-order valence-electron chi connectivity index (χ1n) is 8.22. The van der Waals surface area contributed by atoms with E-state index in [2.05, 4.69) is 26.2 Å². The molecule has 1 aliphatic rings. The second kappa shape index (κ2) is 9.74. The van der Waals surface area contributed by atoms with Crippen molar-refractivity contribution in [2.45, 2.75) is 17.4 Å². The molecule has 0 spiro atoms. The number of nitrogens with one attached hydrogen (secondary N) is 1. The SMILES string of the molecule is I.NC(=NCCS(=O)(=O)c1ccc(Br)cc1)NC1CCOc2ccccc21. The number of halogens is 2. The highest BCUT2D eigenvalue weighted by molar-refractivity contribution is 14.0. The van der Waals surface area contributed by atoms with Crippen LogP contribution < -0.4 is 15.8 Å². The number of hydrogen-bond donors (Lipinski definition) is 2. The third-order valence-electron chi connectivity index (χ3n) is 4.10. The zero-order valence-electron chi connectivity index (χ0n) is 14.5. The fourth-order valence-electron chi connectivity index (χ4n) is 2.76. The Morgan fingerprint density at radius 3 is 2.67 bits per heavy atom. The topological polar surface area (TPSA) is 93.8 Å². The van der Waals surface area contributed by atoms with Crippen LogP contribution in [-0.2, 0) is 9.84 Å². The summed E-state index contributed by atoms with van der Waals surface area (Å²) in [5.41, 5.74) is 6.97. The molecule has 9 heteroatoms. The van der Waals surface area contributed by atoms with Crippen LogP contribution in [-0.4, -0.2) is 33.3 Å². The largest absolute Gasteiger partial charge is 0.493 e. The number of sulfone groups is 1. The van der Waals surface area contributed by atoms with E-state index in [0.717, 1.165) is 22.2 Å². The smallest absolute Gasteiger partial charge is 0.189 e. The summed E-state index contributed by atoms with van der Waals surface area (Å²) in [4.78, 5) is 4.45. The molecule has 0 bridgehead atoms. The lowest BCUT2D eigenvalue weighted by Crippen LogP contribution is -2.37. The fourth-order valence-corrected chi connectivity index (χ4v) is 4.14. The molecule has 0 aromatic heterocycles. The number of aliphatic imine (C=N–C) groups is 1. The maximum atomic E-state index is 12.3. The Hall–Kier alpha value is -1.33. The molecule has 6 nitrogen and oxygen atoms in total. The molecule has 1 heterocycles. The van der Waals surface area contributed by atoms with E-state index in [0.29, 0.717) is 6.61 Å². The fraction of sp³-hybridized carbons (Fsp3) is 0.278. The maximum Gasteiger partial charge on any atom is 0.189 e. The van der Waals surface area contributed by atoms with E-state index in [-0.39, 0.29) is 53.2 Å². The summed E-state index contributed by atoms with van der Waals surface area (Å²) in [6, 6.07) is 14.3. The van der Waals surface area contributed by atoms with E-state index in [1.165, 1.54) is 0 Å². The molecule has 0 fully saturated rings. The monoisotopic (exact) mass is 565 g/mol. The van der Waals surface area contributed by atoms with Gasteiger partial charge in [-0.2, -0.15) is 0 Å². The van der Waals surface area contributed by atoms with Crippen LogP contribution in [0.2, 0.25) is 0 Å². The van der Waals surface area contributed by atoms with Gasteiger partial charge in [-0.3, -0.25) is 4.99 Å². The molecule has 3 rings (SSSR count). The van der Waals surface area contributed by atoms with Crippen LogP contribution in [0.4, 0.5) is 0 Å². The first-order valence-corrected chi connectivity index (χ1v) is 10.7. The van der Waals surface area contributed by atoms with Crippen molar-refractivity contribution in [3.63, 3.8) is 0 Å². The number of fused-ring (bicyclic) bond motifs is 1. The first kappa shape index (κ1) is 22.0. The molecule has 0 aliphatic carbocycles. The maximum absolute atomic E-state index is 12.3. The van der Waals surface area contributed by atoms with Gasteiger partial charge in [0.05, 0.1) is 29.8 Å². The molecule has 1 aliphatic heterocycles. The van der Waals surface area contributed by atoms with Crippen LogP contribution >= 0.6 is 39.9 Å². The second-order valence-corrected chi connectivity index (χ2v) is 8.94. The van der Waals surface area contributed by atoms with Crippen LogP contribution in [0.5, 0.6) is 5.75 Å². The van der Waals surface area contributed by atoms with Gasteiger partial charge in [0.25, 0.3) is 0 Å². The molecule has 2 aromatic rings. The third-order valence-corrected chi connectivity index (χ3v) is 6.33. The minimum absolute atomic E-state index is 0. The summed E-state index contributed by atoms with van der Waals surface area (Å²) in [6.45, 7) is 0.696. The van der Waals surface area contributed by atoms with Crippen molar-refractivity contribution in [1.29, 1.82) is 0 Å². The first-order chi connectivity index (χ1) is 12.5. The Bertz CT molecular complexity index is 904. The Balaban J connectivity index is 0.00000261. The van der Waals surface area contributed by atoms with Gasteiger partial charge in [-0.1, -0.05) is 34.1 Å². The molecule has 0 saturated heterocycles. The van der Waals surface area contributed by atoms with Crippen LogP contribution in [0.25, 0.3) is 0 Å². The normalized spacial score (nSPS) is 16.6. The summed E-state index contributed by atoms with van der Waals surface area (Å²) < 4.78 is 31.1. The van der Waals surface area contributed by atoms with Gasteiger partial charge < -0.3 is 15.8 Å². The number of guanidine groups is 1. The van der Waals surface area contributed by atoms with E-state index < -0.39 is 9.84 Å². The predicted octanol–water partition coefficient (Wildman–Crippen LogP) is 3.27. The van der Waals surface area contributed by atoms with Crippen molar-refractivity contribution in [2.24, 2.45) is 10.7 Å². The standard InChI is InChI=1S/C18H20BrN3O3S.HI/c19-13-5-7-14(8-6-13)26(23,24)12-10-21-18(20)22-16-9-11-25-17-4-2-1-3-15(16)17;/h1-8,16H,9-12H2,(H3,20,21,22);1H. The van der Waals surface area contributed by atoms with Crippen molar-refractivity contribution in [1.82, 2.24) is 5.32 Å². The molecular formula is C18H21BrIN3O3S. The van der Waals surface area contributed by atoms with Crippen molar-refractivity contribution in [2.75, 3.05) is 18.9 Å². The highest BCUT2D eigenvalue weighted by atomic mass is 127. The number of nitrogens with two attached hydrogens (primary N) is 1. The average molecular weight is 566 g/mol. The summed E-state index contributed by atoms with van der Waals surface area (Å²) >= 11 is 3.29. The number of ether oxygens (including phenoxy) is 1. The summed E-state index contributed by atoms with van der Waals surface area (Å²) in [5.74, 6) is 0.973. The minimum Gasteiger partial charge on any atom is -0.493 e. The quantitative estimate of drug-likeness (QED) is 0.330. The van der Waals surface area contributed by atoms with Crippen molar-refractivity contribution in [3.8, 4) is 5.75 Å². The van der Waals surface area contributed by atoms with E-state index in [1.54, 1.807) is 24.3 Å². The Kier molecular flexibility index (Phi) is 7.92. The molecule has 2 aromatic carbocycles. The summed E-state index contributed by atoms with van der Waals surface area (Å²) in [5, 5.41) is 3.16. The van der Waals surface area contributed by atoms with Gasteiger partial charge in [0, 0.05) is 16.5 Å². The summed E-state index contributed by atoms with van der Waals surface area (Å²) in [6.07, 6.45) is 0.768. The van der Waals surface area contributed by atoms with Gasteiger partial charge in [-0.25, -0.2) is 8.42 Å². The molecule has 27 heavy (non-hydrogen) atoms. The molecule has 1 unspecified atom stereocenters. The summed E-state index contributed by atoms with van der Waals surface area (Å²) in [7, 11) is -3.39. The number of rotatable bonds is 5. The van der Waals surface area contributed by atoms with Gasteiger partial charge in [-0.05, 0) is 30.3 Å². The average Bonchev–Trinajstić information content (AvgIpc) is 2.62. The molecular weight excluding hydrogens is 545 g/mol. The van der Waals surface area contributed by atoms with Crippen molar-refractivity contribution in [3.05, 3.63) is 58.6 Å². The molecule has 0 radical (unpaired) electrons. The van der Waals surface area contributed by atoms with E-state index in [4.69, 9.17) is 10.5 Å². The van der Waals surface area contributed by atoms with Crippen molar-refractivity contribution >= 4 is 55.7 Å². The molecule has 0 saturated carbocycles. The number of benzene rings is 2. The van der Waals surface area contributed by atoms with Crippen LogP contribution in [0, 0.1) is 0 Å². The molecule has 146 valence electrons. The number of para-hydroxylation sites is 1. The lowest BCUT2D eigenvalue weighted by molar-refractivity contribution is 0.262. The minimum atomic E-state index is -3.39. The predicted molar refractivity (Wildman–Crippen MR) is 121 cm³/mol. The van der Waals surface area contributed by atoms with E-state index >= 15 is 0 Å². The molecule has 3 N–H and O–H groups in total. The highest BCUT2D eigenvalue weighted by Gasteiger charge is 2.21. The Labute approximate surface area is 184 Å². The van der Waals surface area contributed by atoms with Gasteiger partial charge >= 0.3 is 0 Å². The third kappa shape index (κ3) is 5.82. The molecule has 0 amide bonds. The van der Waals surface area contributed by atoms with E-state index in [9.17, 15) is 8.42 Å². The number of hydrogen-bond acceptors (Lipinski definition) is 4. The Morgan fingerprint density at radius 2 is 1.93 bits per heavy atom. The number of nitrogens with zero attached hydrogens (tertiary/aromatic N) is 1. The van der Waals surface area contributed by atoms with Gasteiger partial charge in [0.2, 0.25) is 0 Å². The van der Waals surface area contributed by atoms with Crippen LogP contribution in [0.3, 0.4) is 0 Å². The van der Waals surface area contributed by atoms with Crippen LogP contribution in [0.1, 0.15) is 18.0 Å². The zero-order valence-corrected chi connectivity index (χ0v) is 19.2. The van der Waals surface area contributed by atoms with Gasteiger partial charge in [0.15, 0.2) is 15.8 Å². The molecule has 1 atom stereocenters. The second-order valence-electron chi connectivity index (χ2n) is 5.91. The van der Waals surface area contributed by atoms with Crippen LogP contribution in [0.15, 0.2) is 62.9 Å². The lowest BCUT2D eigenvalue weighted by atomic mass is 10.0. The lowest BCUT2D eigenvalue weighted by Gasteiger charge is -2.26. The van der Waals surface area contributed by atoms with Gasteiger partial charge in [0.1, 0.15) is 5.75 Å². The van der Waals surface area contributed by atoms with Gasteiger partial charge in [-0.15, -0.1) is 24.0 Å². The van der Waals surface area contributed by atoms with Crippen molar-refractivity contribution < 1.29 is 13.2 Å². The Morgan fingerprint density at radius 1 is 1.22 bits per heavy atom. The zero-order chi connectivity index (χ0) is 18.6. The highest BCUT2D eigenvalue weighted by Crippen LogP contribution is 2.31. The van der Waals surface area contributed by atoms with E-state index in [1.807, 2.05) is 24.3 Å².